The molecule has 0 spiro atoms. The third-order valence-corrected chi connectivity index (χ3v) is 5.87. The molecule has 1 fully saturated rings. The highest BCUT2D eigenvalue weighted by molar-refractivity contribution is 5.92. The number of aryl methyl sites for hydroxylation is 1. The second-order valence-corrected chi connectivity index (χ2v) is 8.31. The third-order valence-electron chi connectivity index (χ3n) is 5.87. The number of anilines is 1. The van der Waals surface area contributed by atoms with Gasteiger partial charge < -0.3 is 15.0 Å². The summed E-state index contributed by atoms with van der Waals surface area (Å²) in [6.45, 7) is 4.77. The van der Waals surface area contributed by atoms with Crippen LogP contribution in [0.25, 0.3) is 0 Å². The van der Waals surface area contributed by atoms with Crippen molar-refractivity contribution in [1.82, 2.24) is 15.5 Å². The maximum absolute atomic E-state index is 12.3. The molecule has 3 aromatic rings. The lowest BCUT2D eigenvalue weighted by Gasteiger charge is -2.32. The van der Waals surface area contributed by atoms with Gasteiger partial charge in [-0.3, -0.25) is 4.79 Å². The lowest BCUT2D eigenvalue weighted by atomic mass is 9.90. The normalized spacial score (nSPS) is 14.2. The molecule has 0 atom stereocenters. The highest BCUT2D eigenvalue weighted by Crippen LogP contribution is 2.24. The van der Waals surface area contributed by atoms with E-state index in [2.05, 4.69) is 50.7 Å². The first-order chi connectivity index (χ1) is 15.7. The predicted octanol–water partition coefficient (Wildman–Crippen LogP) is 4.05. The summed E-state index contributed by atoms with van der Waals surface area (Å²) in [7, 11) is 0. The number of nitrogens with one attached hydrogen (secondary N) is 1. The molecular formula is C26H30N4O2. The number of aromatic nitrogens is 2. The number of carbonyl (C=O) groups excluding carboxylic acids is 1. The lowest BCUT2D eigenvalue weighted by Crippen LogP contribution is -2.35. The van der Waals surface area contributed by atoms with E-state index >= 15 is 0 Å². The van der Waals surface area contributed by atoms with Gasteiger partial charge >= 0.3 is 0 Å². The summed E-state index contributed by atoms with van der Waals surface area (Å²) < 4.78 is 5.63. The molecule has 0 radical (unpaired) electrons. The van der Waals surface area contributed by atoms with Crippen LogP contribution in [0.5, 0.6) is 5.75 Å². The van der Waals surface area contributed by atoms with Crippen molar-refractivity contribution < 1.29 is 9.53 Å². The molecular weight excluding hydrogens is 400 g/mol. The number of rotatable bonds is 8. The van der Waals surface area contributed by atoms with Gasteiger partial charge in [-0.15, -0.1) is 10.2 Å². The first-order valence-corrected chi connectivity index (χ1v) is 11.3. The molecule has 1 N–H and O–H groups in total. The Morgan fingerprint density at radius 1 is 1.00 bits per heavy atom. The van der Waals surface area contributed by atoms with E-state index in [1.807, 2.05) is 37.3 Å². The molecule has 1 aromatic heterocycles. The molecule has 0 bridgehead atoms. The number of hydrogen-bond donors (Lipinski definition) is 1. The van der Waals surface area contributed by atoms with Gasteiger partial charge in [0.2, 0.25) is 0 Å². The molecule has 0 unspecified atom stereocenters. The molecule has 166 valence electrons. The lowest BCUT2D eigenvalue weighted by molar-refractivity contribution is 0.0941. The quantitative estimate of drug-likeness (QED) is 0.546. The van der Waals surface area contributed by atoms with Crippen molar-refractivity contribution in [1.29, 1.82) is 0 Å². The smallest absolute Gasteiger partial charge is 0.271 e. The Bertz CT molecular complexity index is 983. The predicted molar refractivity (Wildman–Crippen MR) is 126 cm³/mol. The van der Waals surface area contributed by atoms with Crippen LogP contribution in [0.2, 0.25) is 0 Å². The molecule has 1 aliphatic heterocycles. The topological polar surface area (TPSA) is 67.3 Å². The number of nitrogens with zero attached hydrogens (tertiary/aromatic N) is 3. The summed E-state index contributed by atoms with van der Waals surface area (Å²) in [5.74, 6) is 2.09. The highest BCUT2D eigenvalue weighted by atomic mass is 16.5. The van der Waals surface area contributed by atoms with Gasteiger partial charge in [-0.1, -0.05) is 48.0 Å². The number of ether oxygens (including phenoxy) is 1. The van der Waals surface area contributed by atoms with Gasteiger partial charge in [0, 0.05) is 13.1 Å². The summed E-state index contributed by atoms with van der Waals surface area (Å²) in [6.07, 6.45) is 3.41. The Kier molecular flexibility index (Phi) is 7.33. The van der Waals surface area contributed by atoms with Crippen LogP contribution in [0.3, 0.4) is 0 Å². The minimum Gasteiger partial charge on any atom is -0.492 e. The fourth-order valence-corrected chi connectivity index (χ4v) is 3.99. The second-order valence-electron chi connectivity index (χ2n) is 8.31. The number of piperidine rings is 1. The van der Waals surface area contributed by atoms with E-state index in [1.54, 1.807) is 6.07 Å². The van der Waals surface area contributed by atoms with Crippen LogP contribution >= 0.6 is 0 Å². The second kappa shape index (κ2) is 10.8. The Morgan fingerprint density at radius 2 is 1.75 bits per heavy atom. The molecule has 4 rings (SSSR count). The average Bonchev–Trinajstić information content (AvgIpc) is 2.84. The van der Waals surface area contributed by atoms with Gasteiger partial charge in [-0.2, -0.15) is 0 Å². The van der Waals surface area contributed by atoms with Crippen LogP contribution in [0, 0.1) is 12.8 Å². The number of carbonyl (C=O) groups is 1. The Labute approximate surface area is 189 Å². The van der Waals surface area contributed by atoms with Crippen molar-refractivity contribution in [2.75, 3.05) is 31.1 Å². The Balaban J connectivity index is 1.20. The van der Waals surface area contributed by atoms with E-state index in [-0.39, 0.29) is 5.91 Å². The largest absolute Gasteiger partial charge is 0.492 e. The molecule has 32 heavy (non-hydrogen) atoms. The molecule has 2 heterocycles. The molecule has 1 saturated heterocycles. The first kappa shape index (κ1) is 21.8. The molecule has 1 amide bonds. The maximum Gasteiger partial charge on any atom is 0.271 e. The van der Waals surface area contributed by atoms with Gasteiger partial charge in [0.25, 0.3) is 5.91 Å². The van der Waals surface area contributed by atoms with Crippen molar-refractivity contribution in [3.63, 3.8) is 0 Å². The van der Waals surface area contributed by atoms with Gasteiger partial charge in [-0.25, -0.2) is 0 Å². The number of amides is 1. The summed E-state index contributed by atoms with van der Waals surface area (Å²) >= 11 is 0. The monoisotopic (exact) mass is 430 g/mol. The zero-order chi connectivity index (χ0) is 22.2. The van der Waals surface area contributed by atoms with E-state index in [0.29, 0.717) is 24.8 Å². The first-order valence-electron chi connectivity index (χ1n) is 11.3. The highest BCUT2D eigenvalue weighted by Gasteiger charge is 2.21. The van der Waals surface area contributed by atoms with Crippen LogP contribution in [0.4, 0.5) is 5.82 Å². The Hall–Kier alpha value is -3.41. The fourth-order valence-electron chi connectivity index (χ4n) is 3.99. The fraction of sp³-hybridized carbons (Fsp3) is 0.346. The number of hydrogen-bond acceptors (Lipinski definition) is 5. The van der Waals surface area contributed by atoms with E-state index in [0.717, 1.165) is 43.9 Å². The maximum atomic E-state index is 12.3. The number of benzene rings is 2. The molecule has 6 nitrogen and oxygen atoms in total. The third kappa shape index (κ3) is 6.06. The van der Waals surface area contributed by atoms with Crippen molar-refractivity contribution in [2.45, 2.75) is 26.2 Å². The Morgan fingerprint density at radius 3 is 2.44 bits per heavy atom. The van der Waals surface area contributed by atoms with Crippen LogP contribution < -0.4 is 15.0 Å². The van der Waals surface area contributed by atoms with Crippen LogP contribution in [0.1, 0.15) is 34.5 Å². The van der Waals surface area contributed by atoms with Gasteiger partial charge in [0.05, 0.1) is 6.54 Å². The molecule has 6 heteroatoms. The van der Waals surface area contributed by atoms with Crippen LogP contribution in [-0.2, 0) is 6.42 Å². The van der Waals surface area contributed by atoms with E-state index in [1.165, 1.54) is 11.1 Å². The van der Waals surface area contributed by atoms with Crippen LogP contribution in [-0.4, -0.2) is 42.3 Å². The molecule has 1 aliphatic rings. The minimum atomic E-state index is -0.238. The summed E-state index contributed by atoms with van der Waals surface area (Å²) in [6, 6.07) is 22.2. The summed E-state index contributed by atoms with van der Waals surface area (Å²) in [4.78, 5) is 14.6. The van der Waals surface area contributed by atoms with Crippen LogP contribution in [0.15, 0.2) is 66.7 Å². The molecule has 0 saturated carbocycles. The summed E-state index contributed by atoms with van der Waals surface area (Å²) in [5, 5.41) is 11.3. The van der Waals surface area contributed by atoms with Crippen molar-refractivity contribution in [2.24, 2.45) is 5.92 Å². The molecule has 2 aromatic carbocycles. The SMILES string of the molecule is Cc1ccc(OCCNC(=O)c2ccc(N3CCC(Cc4ccccc4)CC3)nn2)cc1. The van der Waals surface area contributed by atoms with Gasteiger partial charge in [-0.05, 0) is 61.9 Å². The zero-order valence-corrected chi connectivity index (χ0v) is 18.5. The van der Waals surface area contributed by atoms with Gasteiger partial charge in [0.15, 0.2) is 11.5 Å². The van der Waals surface area contributed by atoms with Crippen molar-refractivity contribution >= 4 is 11.7 Å². The average molecular weight is 431 g/mol. The van der Waals surface area contributed by atoms with E-state index in [4.69, 9.17) is 4.74 Å². The van der Waals surface area contributed by atoms with Gasteiger partial charge in [0.1, 0.15) is 12.4 Å². The van der Waals surface area contributed by atoms with Crippen molar-refractivity contribution in [3.8, 4) is 5.75 Å². The van der Waals surface area contributed by atoms with E-state index in [9.17, 15) is 4.79 Å². The minimum absolute atomic E-state index is 0.238. The zero-order valence-electron chi connectivity index (χ0n) is 18.5. The summed E-state index contributed by atoms with van der Waals surface area (Å²) in [5.41, 5.74) is 2.91. The standard InChI is InChI=1S/C26H30N4O2/c1-20-7-9-23(10-8-20)32-18-15-27-26(31)24-11-12-25(29-28-24)30-16-13-22(14-17-30)19-21-5-3-2-4-6-21/h2-12,22H,13-19H2,1H3,(H,27,31). The molecule has 0 aliphatic carbocycles. The van der Waals surface area contributed by atoms with E-state index < -0.39 is 0 Å². The van der Waals surface area contributed by atoms with Crippen molar-refractivity contribution in [3.05, 3.63) is 83.6 Å².